The number of hydrogen-bond donors (Lipinski definition) is 1. The monoisotopic (exact) mass is 228 g/mol. The third-order valence-corrected chi connectivity index (χ3v) is 3.18. The van der Waals surface area contributed by atoms with Crippen LogP contribution in [0.5, 0.6) is 0 Å². The van der Waals surface area contributed by atoms with Gasteiger partial charge in [0.2, 0.25) is 0 Å². The van der Waals surface area contributed by atoms with Crippen LogP contribution in [0.4, 0.5) is 0 Å². The van der Waals surface area contributed by atoms with Gasteiger partial charge in [-0.25, -0.2) is 0 Å². The molecule has 1 aliphatic carbocycles. The first-order chi connectivity index (χ1) is 8.43. The van der Waals surface area contributed by atoms with Crippen LogP contribution in [0.1, 0.15) is 35.6 Å². The van der Waals surface area contributed by atoms with Crippen molar-refractivity contribution < 1.29 is 4.52 Å². The van der Waals surface area contributed by atoms with Gasteiger partial charge in [0.1, 0.15) is 5.76 Å². The van der Waals surface area contributed by atoms with Crippen LogP contribution in [0.25, 0.3) is 0 Å². The maximum absolute atomic E-state index is 5.05. The normalized spacial score (nSPS) is 15.1. The highest BCUT2D eigenvalue weighted by Crippen LogP contribution is 2.41. The van der Waals surface area contributed by atoms with Crippen LogP contribution in [0, 0.1) is 0 Å². The molecule has 3 nitrogen and oxygen atoms in total. The van der Waals surface area contributed by atoms with Gasteiger partial charge in [-0.15, -0.1) is 0 Å². The van der Waals surface area contributed by atoms with Gasteiger partial charge in [0.15, 0.2) is 0 Å². The fraction of sp³-hybridized carbons (Fsp3) is 0.357. The Morgan fingerprint density at radius 1 is 1.18 bits per heavy atom. The molecule has 0 saturated heterocycles. The molecule has 0 unspecified atom stereocenters. The zero-order valence-electron chi connectivity index (χ0n) is 9.73. The lowest BCUT2D eigenvalue weighted by Crippen LogP contribution is -2.13. The van der Waals surface area contributed by atoms with Crippen LogP contribution in [-0.2, 0) is 13.1 Å². The average molecular weight is 228 g/mol. The fourth-order valence-corrected chi connectivity index (χ4v) is 2.14. The highest BCUT2D eigenvalue weighted by Gasteiger charge is 2.25. The number of rotatable bonds is 5. The topological polar surface area (TPSA) is 38.1 Å². The zero-order valence-corrected chi connectivity index (χ0v) is 9.73. The Hall–Kier alpha value is -1.61. The lowest BCUT2D eigenvalue weighted by molar-refractivity contribution is 0.372. The molecule has 0 atom stereocenters. The van der Waals surface area contributed by atoms with Crippen molar-refractivity contribution in [3.63, 3.8) is 0 Å². The van der Waals surface area contributed by atoms with Gasteiger partial charge in [-0.05, 0) is 29.9 Å². The van der Waals surface area contributed by atoms with E-state index in [0.29, 0.717) is 0 Å². The summed E-state index contributed by atoms with van der Waals surface area (Å²) < 4.78 is 5.05. The molecule has 1 N–H and O–H groups in total. The Morgan fingerprint density at radius 3 is 2.82 bits per heavy atom. The summed E-state index contributed by atoms with van der Waals surface area (Å²) in [6.07, 6.45) is 4.37. The molecule has 1 aliphatic rings. The van der Waals surface area contributed by atoms with Gasteiger partial charge < -0.3 is 9.84 Å². The second-order valence-corrected chi connectivity index (χ2v) is 4.56. The lowest BCUT2D eigenvalue weighted by Gasteiger charge is -2.08. The van der Waals surface area contributed by atoms with Gasteiger partial charge in [0.25, 0.3) is 0 Å². The van der Waals surface area contributed by atoms with Gasteiger partial charge in [0.05, 0.1) is 12.7 Å². The predicted molar refractivity (Wildman–Crippen MR) is 65.5 cm³/mol. The Labute approximate surface area is 101 Å². The SMILES string of the molecule is c1ccc(C2CC2)c(CNCc2ccno2)c1. The van der Waals surface area contributed by atoms with E-state index in [1.165, 1.54) is 24.0 Å². The van der Waals surface area contributed by atoms with Crippen LogP contribution >= 0.6 is 0 Å². The van der Waals surface area contributed by atoms with Gasteiger partial charge in [-0.3, -0.25) is 0 Å². The lowest BCUT2D eigenvalue weighted by atomic mass is 10.0. The quantitative estimate of drug-likeness (QED) is 0.855. The molecule has 1 aromatic heterocycles. The smallest absolute Gasteiger partial charge is 0.150 e. The fourth-order valence-electron chi connectivity index (χ4n) is 2.14. The van der Waals surface area contributed by atoms with Crippen molar-refractivity contribution >= 4 is 0 Å². The minimum atomic E-state index is 0.735. The molecule has 3 heteroatoms. The molecule has 1 heterocycles. The summed E-state index contributed by atoms with van der Waals surface area (Å²) in [5.41, 5.74) is 2.92. The molecule has 0 amide bonds. The predicted octanol–water partition coefficient (Wildman–Crippen LogP) is 2.84. The summed E-state index contributed by atoms with van der Waals surface area (Å²) >= 11 is 0. The van der Waals surface area contributed by atoms with Crippen LogP contribution in [0.3, 0.4) is 0 Å². The third kappa shape index (κ3) is 2.56. The molecule has 0 bridgehead atoms. The summed E-state index contributed by atoms with van der Waals surface area (Å²) in [4.78, 5) is 0. The highest BCUT2D eigenvalue weighted by molar-refractivity contribution is 5.33. The maximum Gasteiger partial charge on any atom is 0.150 e. The van der Waals surface area contributed by atoms with Crippen molar-refractivity contribution in [3.8, 4) is 0 Å². The van der Waals surface area contributed by atoms with Crippen LogP contribution < -0.4 is 5.32 Å². The average Bonchev–Trinajstić information content (AvgIpc) is 3.08. The van der Waals surface area contributed by atoms with Gasteiger partial charge in [0, 0.05) is 12.6 Å². The van der Waals surface area contributed by atoms with Crippen LogP contribution in [0.15, 0.2) is 41.1 Å². The molecule has 1 fully saturated rings. The summed E-state index contributed by atoms with van der Waals surface area (Å²) in [6.45, 7) is 1.63. The second kappa shape index (κ2) is 4.72. The van der Waals surface area contributed by atoms with Crippen LogP contribution in [-0.4, -0.2) is 5.16 Å². The minimum Gasteiger partial charge on any atom is -0.360 e. The Balaban J connectivity index is 1.61. The molecule has 3 rings (SSSR count). The molecule has 0 spiro atoms. The van der Waals surface area contributed by atoms with E-state index < -0.39 is 0 Å². The third-order valence-electron chi connectivity index (χ3n) is 3.18. The van der Waals surface area contributed by atoms with Gasteiger partial charge in [-0.2, -0.15) is 0 Å². The van der Waals surface area contributed by atoms with Crippen molar-refractivity contribution in [2.75, 3.05) is 0 Å². The van der Waals surface area contributed by atoms with E-state index in [4.69, 9.17) is 4.52 Å². The first-order valence-corrected chi connectivity index (χ1v) is 6.11. The van der Waals surface area contributed by atoms with E-state index in [1.54, 1.807) is 6.20 Å². The highest BCUT2D eigenvalue weighted by atomic mass is 16.5. The van der Waals surface area contributed by atoms with Crippen molar-refractivity contribution in [2.45, 2.75) is 31.8 Å². The molecule has 88 valence electrons. The molecule has 1 aromatic carbocycles. The first-order valence-electron chi connectivity index (χ1n) is 6.11. The summed E-state index contributed by atoms with van der Waals surface area (Å²) in [5.74, 6) is 1.69. The van der Waals surface area contributed by atoms with Crippen molar-refractivity contribution in [1.29, 1.82) is 0 Å². The van der Waals surface area contributed by atoms with E-state index in [0.717, 1.165) is 24.8 Å². The molecule has 2 aromatic rings. The van der Waals surface area contributed by atoms with Crippen molar-refractivity contribution in [2.24, 2.45) is 0 Å². The Bertz CT molecular complexity index is 475. The van der Waals surface area contributed by atoms with Crippen molar-refractivity contribution in [3.05, 3.63) is 53.4 Å². The molecule has 0 aliphatic heterocycles. The molecule has 17 heavy (non-hydrogen) atoms. The Morgan fingerprint density at radius 2 is 2.06 bits per heavy atom. The standard InChI is InChI=1S/C14H16N2O/c1-2-4-14(11-5-6-11)12(3-1)9-15-10-13-7-8-16-17-13/h1-4,7-8,11,15H,5-6,9-10H2. The largest absolute Gasteiger partial charge is 0.360 e. The zero-order chi connectivity index (χ0) is 11.5. The van der Waals surface area contributed by atoms with E-state index >= 15 is 0 Å². The van der Waals surface area contributed by atoms with E-state index in [2.05, 4.69) is 34.7 Å². The van der Waals surface area contributed by atoms with E-state index in [-0.39, 0.29) is 0 Å². The van der Waals surface area contributed by atoms with E-state index in [9.17, 15) is 0 Å². The maximum atomic E-state index is 5.05. The molecular formula is C14H16N2O. The van der Waals surface area contributed by atoms with Gasteiger partial charge >= 0.3 is 0 Å². The number of nitrogens with one attached hydrogen (secondary N) is 1. The van der Waals surface area contributed by atoms with E-state index in [1.807, 2.05) is 6.07 Å². The summed E-state index contributed by atoms with van der Waals surface area (Å²) in [5, 5.41) is 7.08. The number of aromatic nitrogens is 1. The summed E-state index contributed by atoms with van der Waals surface area (Å²) in [6, 6.07) is 10.6. The Kier molecular flexibility index (Phi) is 2.92. The minimum absolute atomic E-state index is 0.735. The second-order valence-electron chi connectivity index (χ2n) is 4.56. The number of benzene rings is 1. The summed E-state index contributed by atoms with van der Waals surface area (Å²) in [7, 11) is 0. The number of nitrogens with zero attached hydrogens (tertiary/aromatic N) is 1. The molecule has 1 saturated carbocycles. The molecular weight excluding hydrogens is 212 g/mol. The molecule has 0 radical (unpaired) electrons. The number of hydrogen-bond acceptors (Lipinski definition) is 3. The van der Waals surface area contributed by atoms with Crippen molar-refractivity contribution in [1.82, 2.24) is 10.5 Å². The van der Waals surface area contributed by atoms with Gasteiger partial charge in [-0.1, -0.05) is 29.4 Å². The first kappa shape index (κ1) is 10.5. The van der Waals surface area contributed by atoms with Crippen LogP contribution in [0.2, 0.25) is 0 Å².